The van der Waals surface area contributed by atoms with Gasteiger partial charge in [0.2, 0.25) is 5.91 Å². The average molecular weight is 437 g/mol. The fraction of sp³-hybridized carbons (Fsp3) is 0.148. The molecule has 4 aromatic rings. The Labute approximate surface area is 192 Å². The zero-order valence-corrected chi connectivity index (χ0v) is 18.4. The van der Waals surface area contributed by atoms with Gasteiger partial charge in [-0.05, 0) is 43.7 Å². The van der Waals surface area contributed by atoms with Crippen LogP contribution in [0.5, 0.6) is 0 Å². The molecule has 2 atom stereocenters. The summed E-state index contributed by atoms with van der Waals surface area (Å²) in [6.07, 6.45) is 0. The Morgan fingerprint density at radius 1 is 0.909 bits per heavy atom. The number of carbonyl (C=O) groups excluding carboxylic acids is 2. The van der Waals surface area contributed by atoms with E-state index in [1.54, 1.807) is 28.9 Å². The summed E-state index contributed by atoms with van der Waals surface area (Å²) in [5, 5.41) is 10.7. The highest BCUT2D eigenvalue weighted by atomic mass is 16.2. The second kappa shape index (κ2) is 8.39. The van der Waals surface area contributed by atoms with E-state index in [0.29, 0.717) is 11.4 Å². The highest BCUT2D eigenvalue weighted by Crippen LogP contribution is 2.40. The summed E-state index contributed by atoms with van der Waals surface area (Å²) in [7, 11) is 0. The number of aromatic nitrogens is 2. The van der Waals surface area contributed by atoms with E-state index in [4.69, 9.17) is 5.10 Å². The minimum absolute atomic E-state index is 0.270. The smallest absolute Gasteiger partial charge is 0.251 e. The summed E-state index contributed by atoms with van der Waals surface area (Å²) in [5.41, 5.74) is 5.17. The molecule has 6 nitrogen and oxygen atoms in total. The molecule has 0 bridgehead atoms. The second-order valence-electron chi connectivity index (χ2n) is 8.29. The summed E-state index contributed by atoms with van der Waals surface area (Å²) in [4.78, 5) is 26.4. The molecule has 6 heteroatoms. The van der Waals surface area contributed by atoms with Crippen LogP contribution in [0, 0.1) is 13.8 Å². The Kier molecular flexibility index (Phi) is 5.26. The van der Waals surface area contributed by atoms with Crippen LogP contribution in [0.15, 0.2) is 84.9 Å². The van der Waals surface area contributed by atoms with Crippen LogP contribution in [0.1, 0.15) is 38.7 Å². The minimum atomic E-state index is -0.776. The van der Waals surface area contributed by atoms with Gasteiger partial charge < -0.3 is 10.6 Å². The number of rotatable bonds is 4. The molecule has 33 heavy (non-hydrogen) atoms. The van der Waals surface area contributed by atoms with Gasteiger partial charge in [0.1, 0.15) is 11.9 Å². The third-order valence-corrected chi connectivity index (χ3v) is 6.03. The number of aryl methyl sites for hydroxylation is 2. The Bertz CT molecular complexity index is 1310. The van der Waals surface area contributed by atoms with Gasteiger partial charge in [-0.3, -0.25) is 9.59 Å². The molecule has 0 unspecified atom stereocenters. The molecule has 2 amide bonds. The molecule has 2 N–H and O–H groups in total. The lowest BCUT2D eigenvalue weighted by molar-refractivity contribution is -0.118. The van der Waals surface area contributed by atoms with Crippen molar-refractivity contribution in [3.8, 4) is 5.69 Å². The number of nitrogens with one attached hydrogen (secondary N) is 2. The second-order valence-corrected chi connectivity index (χ2v) is 8.29. The van der Waals surface area contributed by atoms with Crippen LogP contribution in [0.3, 0.4) is 0 Å². The number of hydrogen-bond donors (Lipinski definition) is 2. The van der Waals surface area contributed by atoms with E-state index < -0.39 is 6.04 Å². The largest absolute Gasteiger partial charge is 0.339 e. The van der Waals surface area contributed by atoms with Gasteiger partial charge in [-0.2, -0.15) is 5.10 Å². The highest BCUT2D eigenvalue weighted by Gasteiger charge is 2.41. The zero-order valence-electron chi connectivity index (χ0n) is 18.4. The molecular weight excluding hydrogens is 412 g/mol. The van der Waals surface area contributed by atoms with Crippen molar-refractivity contribution >= 4 is 17.6 Å². The maximum atomic E-state index is 13.4. The lowest BCUT2D eigenvalue weighted by Gasteiger charge is -2.32. The van der Waals surface area contributed by atoms with Crippen LogP contribution in [0.25, 0.3) is 5.69 Å². The van der Waals surface area contributed by atoms with Crippen LogP contribution < -0.4 is 10.6 Å². The number of anilines is 1. The summed E-state index contributed by atoms with van der Waals surface area (Å²) >= 11 is 0. The van der Waals surface area contributed by atoms with Crippen LogP contribution in [0.2, 0.25) is 0 Å². The van der Waals surface area contributed by atoms with Gasteiger partial charge >= 0.3 is 0 Å². The number of hydrogen-bond acceptors (Lipinski definition) is 3. The SMILES string of the molecule is Cc1ccc(-n2nc(C)c3c2NC(=O)[C@@H](NC(=O)c2ccccc2)[C@H]3c2ccccc2)cc1. The van der Waals surface area contributed by atoms with Gasteiger partial charge in [-0.25, -0.2) is 4.68 Å². The molecule has 2 heterocycles. The molecule has 1 aromatic heterocycles. The maximum absolute atomic E-state index is 13.4. The third-order valence-electron chi connectivity index (χ3n) is 6.03. The first kappa shape index (κ1) is 20.7. The van der Waals surface area contributed by atoms with Crippen molar-refractivity contribution < 1.29 is 9.59 Å². The monoisotopic (exact) mass is 436 g/mol. The minimum Gasteiger partial charge on any atom is -0.339 e. The third kappa shape index (κ3) is 3.80. The number of fused-ring (bicyclic) bond motifs is 1. The first-order valence-electron chi connectivity index (χ1n) is 10.9. The number of carbonyl (C=O) groups is 2. The molecule has 0 saturated carbocycles. The predicted octanol–water partition coefficient (Wildman–Crippen LogP) is 4.37. The first-order valence-corrected chi connectivity index (χ1v) is 10.9. The Balaban J connectivity index is 1.62. The number of nitrogens with zero attached hydrogens (tertiary/aromatic N) is 2. The van der Waals surface area contributed by atoms with E-state index in [1.807, 2.05) is 74.5 Å². The molecule has 5 rings (SSSR count). The van der Waals surface area contributed by atoms with Crippen molar-refractivity contribution in [3.63, 3.8) is 0 Å². The van der Waals surface area contributed by atoms with Gasteiger partial charge in [0.05, 0.1) is 11.4 Å². The molecule has 0 fully saturated rings. The van der Waals surface area contributed by atoms with Crippen molar-refractivity contribution in [3.05, 3.63) is 113 Å². The average Bonchev–Trinajstić information content (AvgIpc) is 3.16. The van der Waals surface area contributed by atoms with Gasteiger partial charge in [-0.1, -0.05) is 66.2 Å². The molecule has 0 saturated heterocycles. The van der Waals surface area contributed by atoms with Crippen molar-refractivity contribution in [1.82, 2.24) is 15.1 Å². The lowest BCUT2D eigenvalue weighted by atomic mass is 9.82. The quantitative estimate of drug-likeness (QED) is 0.499. The van der Waals surface area contributed by atoms with Crippen LogP contribution >= 0.6 is 0 Å². The molecule has 0 radical (unpaired) electrons. The van der Waals surface area contributed by atoms with Crippen molar-refractivity contribution in [1.29, 1.82) is 0 Å². The summed E-state index contributed by atoms with van der Waals surface area (Å²) < 4.78 is 1.77. The summed E-state index contributed by atoms with van der Waals surface area (Å²) in [6.45, 7) is 3.97. The fourth-order valence-corrected chi connectivity index (χ4v) is 4.40. The van der Waals surface area contributed by atoms with Crippen molar-refractivity contribution in [2.75, 3.05) is 5.32 Å². The van der Waals surface area contributed by atoms with E-state index >= 15 is 0 Å². The van der Waals surface area contributed by atoms with Crippen LogP contribution in [0.4, 0.5) is 5.82 Å². The first-order chi connectivity index (χ1) is 16.0. The topological polar surface area (TPSA) is 76.0 Å². The van der Waals surface area contributed by atoms with Crippen molar-refractivity contribution in [2.24, 2.45) is 0 Å². The van der Waals surface area contributed by atoms with Crippen LogP contribution in [-0.4, -0.2) is 27.6 Å². The van der Waals surface area contributed by atoms with Gasteiger partial charge in [-0.15, -0.1) is 0 Å². The molecular formula is C27H24N4O2. The van der Waals surface area contributed by atoms with E-state index in [2.05, 4.69) is 10.6 Å². The number of amides is 2. The van der Waals surface area contributed by atoms with Gasteiger partial charge in [0, 0.05) is 17.0 Å². The van der Waals surface area contributed by atoms with E-state index in [-0.39, 0.29) is 17.7 Å². The lowest BCUT2D eigenvalue weighted by Crippen LogP contribution is -2.50. The zero-order chi connectivity index (χ0) is 22.9. The van der Waals surface area contributed by atoms with Gasteiger partial charge in [0.25, 0.3) is 5.91 Å². The van der Waals surface area contributed by atoms with Crippen molar-refractivity contribution in [2.45, 2.75) is 25.8 Å². The molecule has 164 valence electrons. The Hall–Kier alpha value is -4.19. The predicted molar refractivity (Wildman–Crippen MR) is 128 cm³/mol. The molecule has 1 aliphatic heterocycles. The number of benzene rings is 3. The maximum Gasteiger partial charge on any atom is 0.251 e. The van der Waals surface area contributed by atoms with Gasteiger partial charge in [0.15, 0.2) is 0 Å². The van der Waals surface area contributed by atoms with E-state index in [9.17, 15) is 9.59 Å². The standard InChI is InChI=1S/C27H24N4O2/c1-17-13-15-21(16-14-17)31-25-22(18(2)30-31)23(19-9-5-3-6-10-19)24(27(33)29-25)28-26(32)20-11-7-4-8-12-20/h3-16,23-24H,1-2H3,(H,28,32)(H,29,33)/t23-,24-/m0/s1. The molecule has 0 aliphatic carbocycles. The van der Waals surface area contributed by atoms with Crippen LogP contribution in [-0.2, 0) is 4.79 Å². The molecule has 0 spiro atoms. The molecule has 1 aliphatic rings. The highest BCUT2D eigenvalue weighted by molar-refractivity contribution is 6.04. The summed E-state index contributed by atoms with van der Waals surface area (Å²) in [6, 6.07) is 25.9. The summed E-state index contributed by atoms with van der Waals surface area (Å²) in [5.74, 6) is -0.292. The Morgan fingerprint density at radius 3 is 2.21 bits per heavy atom. The van der Waals surface area contributed by atoms with E-state index in [0.717, 1.165) is 28.1 Å². The van der Waals surface area contributed by atoms with E-state index in [1.165, 1.54) is 0 Å². The Morgan fingerprint density at radius 2 is 1.55 bits per heavy atom. The normalized spacial score (nSPS) is 17.2. The fourth-order valence-electron chi connectivity index (χ4n) is 4.40. The molecule has 3 aromatic carbocycles.